The molecule has 0 spiro atoms. The van der Waals surface area contributed by atoms with Crippen LogP contribution in [0.2, 0.25) is 0 Å². The molecule has 0 heterocycles. The Bertz CT molecular complexity index is 494. The zero-order valence-electron chi connectivity index (χ0n) is 10.0. The van der Waals surface area contributed by atoms with E-state index >= 15 is 0 Å². The van der Waals surface area contributed by atoms with Crippen molar-refractivity contribution in [2.24, 2.45) is 0 Å². The van der Waals surface area contributed by atoms with Gasteiger partial charge in [0, 0.05) is 23.1 Å². The topological polar surface area (TPSA) is 58.2 Å². The minimum absolute atomic E-state index is 0.250. The summed E-state index contributed by atoms with van der Waals surface area (Å²) in [5, 5.41) is 3.06. The second-order valence-corrected chi connectivity index (χ2v) is 6.68. The van der Waals surface area contributed by atoms with Gasteiger partial charge >= 0.3 is 0 Å². The first kappa shape index (κ1) is 15.6. The van der Waals surface area contributed by atoms with E-state index in [1.54, 1.807) is 12.1 Å². The molecule has 1 aromatic rings. The molecule has 0 fully saturated rings. The highest BCUT2D eigenvalue weighted by Crippen LogP contribution is 2.15. The molecule has 102 valence electrons. The Morgan fingerprint density at radius 2 is 2.06 bits per heavy atom. The number of hydrogen-bond donors (Lipinski definition) is 2. The Kier molecular flexibility index (Phi) is 6.20. The van der Waals surface area contributed by atoms with Crippen molar-refractivity contribution >= 4 is 26.0 Å². The van der Waals surface area contributed by atoms with Crippen molar-refractivity contribution in [3.63, 3.8) is 0 Å². The van der Waals surface area contributed by atoms with Crippen LogP contribution >= 0.6 is 15.9 Å². The molecule has 0 aromatic heterocycles. The predicted molar refractivity (Wildman–Crippen MR) is 73.3 cm³/mol. The number of sulfonamides is 1. The van der Waals surface area contributed by atoms with E-state index in [0.717, 1.165) is 10.7 Å². The van der Waals surface area contributed by atoms with Crippen LogP contribution in [0, 0.1) is 5.82 Å². The minimum Gasteiger partial charge on any atom is -0.313 e. The van der Waals surface area contributed by atoms with Crippen LogP contribution in [0.1, 0.15) is 12.0 Å². The van der Waals surface area contributed by atoms with Crippen LogP contribution in [0.3, 0.4) is 0 Å². The minimum atomic E-state index is -3.12. The first-order valence-corrected chi connectivity index (χ1v) is 8.16. The quantitative estimate of drug-likeness (QED) is 0.742. The van der Waals surface area contributed by atoms with Crippen molar-refractivity contribution in [2.45, 2.75) is 13.0 Å². The molecule has 0 unspecified atom stereocenters. The highest BCUT2D eigenvalue weighted by Gasteiger charge is 2.02. The largest absolute Gasteiger partial charge is 0.313 e. The van der Waals surface area contributed by atoms with E-state index in [1.165, 1.54) is 6.07 Å². The van der Waals surface area contributed by atoms with E-state index in [2.05, 4.69) is 26.0 Å². The third-order valence-corrected chi connectivity index (χ3v) is 3.44. The van der Waals surface area contributed by atoms with Crippen LogP contribution in [0.4, 0.5) is 4.39 Å². The molecule has 0 atom stereocenters. The summed E-state index contributed by atoms with van der Waals surface area (Å²) in [6, 6.07) is 4.78. The molecule has 4 nitrogen and oxygen atoms in total. The van der Waals surface area contributed by atoms with Gasteiger partial charge in [-0.25, -0.2) is 17.5 Å². The van der Waals surface area contributed by atoms with Gasteiger partial charge in [-0.3, -0.25) is 0 Å². The molecule has 2 N–H and O–H groups in total. The lowest BCUT2D eigenvalue weighted by atomic mass is 10.2. The average molecular weight is 339 g/mol. The number of nitrogens with one attached hydrogen (secondary N) is 2. The third kappa shape index (κ3) is 6.44. The SMILES string of the molecule is CS(=O)(=O)NCCCNCc1cc(Br)ccc1F. The maximum Gasteiger partial charge on any atom is 0.208 e. The smallest absolute Gasteiger partial charge is 0.208 e. The maximum atomic E-state index is 13.3. The molecule has 0 aliphatic rings. The van der Waals surface area contributed by atoms with Crippen LogP contribution < -0.4 is 10.0 Å². The molecular formula is C11H16BrFN2O2S. The first-order chi connectivity index (χ1) is 8.38. The molecule has 1 rings (SSSR count). The third-order valence-electron chi connectivity index (χ3n) is 2.22. The molecule has 0 radical (unpaired) electrons. The summed E-state index contributed by atoms with van der Waals surface area (Å²) in [4.78, 5) is 0. The summed E-state index contributed by atoms with van der Waals surface area (Å²) in [7, 11) is -3.12. The predicted octanol–water partition coefficient (Wildman–Crippen LogP) is 1.62. The van der Waals surface area contributed by atoms with Gasteiger partial charge in [0.2, 0.25) is 10.0 Å². The standard InChI is InChI=1S/C11H16BrFN2O2S/c1-18(16,17)15-6-2-5-14-8-9-7-10(12)3-4-11(9)13/h3-4,7,14-15H,2,5-6,8H2,1H3. The molecule has 0 amide bonds. The zero-order chi connectivity index (χ0) is 13.6. The van der Waals surface area contributed by atoms with Crippen molar-refractivity contribution in [1.29, 1.82) is 0 Å². The van der Waals surface area contributed by atoms with Gasteiger partial charge in [-0.1, -0.05) is 15.9 Å². The van der Waals surface area contributed by atoms with E-state index < -0.39 is 10.0 Å². The first-order valence-electron chi connectivity index (χ1n) is 5.48. The van der Waals surface area contributed by atoms with Gasteiger partial charge in [0.15, 0.2) is 0 Å². The summed E-state index contributed by atoms with van der Waals surface area (Å²) in [5.74, 6) is -0.250. The van der Waals surface area contributed by atoms with Crippen LogP contribution in [-0.2, 0) is 16.6 Å². The zero-order valence-corrected chi connectivity index (χ0v) is 12.4. The number of halogens is 2. The van der Waals surface area contributed by atoms with Gasteiger partial charge in [0.1, 0.15) is 5.82 Å². The summed E-state index contributed by atoms with van der Waals surface area (Å²) in [5.41, 5.74) is 0.584. The van der Waals surface area contributed by atoms with Gasteiger partial charge < -0.3 is 5.32 Å². The summed E-state index contributed by atoms with van der Waals surface area (Å²) in [6.07, 6.45) is 1.78. The molecular weight excluding hydrogens is 323 g/mol. The fraction of sp³-hybridized carbons (Fsp3) is 0.455. The fourth-order valence-corrected chi connectivity index (χ4v) is 2.30. The van der Waals surface area contributed by atoms with E-state index in [0.29, 0.717) is 31.6 Å². The molecule has 1 aromatic carbocycles. The average Bonchev–Trinajstić information content (AvgIpc) is 2.26. The van der Waals surface area contributed by atoms with E-state index in [1.807, 2.05) is 0 Å². The Morgan fingerprint density at radius 3 is 2.72 bits per heavy atom. The van der Waals surface area contributed by atoms with Crippen molar-refractivity contribution < 1.29 is 12.8 Å². The lowest BCUT2D eigenvalue weighted by Gasteiger charge is -2.07. The van der Waals surface area contributed by atoms with E-state index in [4.69, 9.17) is 0 Å². The molecule has 0 bridgehead atoms. The molecule has 0 aliphatic heterocycles. The van der Waals surface area contributed by atoms with Gasteiger partial charge in [-0.15, -0.1) is 0 Å². The van der Waals surface area contributed by atoms with Crippen LogP contribution in [0.25, 0.3) is 0 Å². The molecule has 7 heteroatoms. The molecule has 18 heavy (non-hydrogen) atoms. The summed E-state index contributed by atoms with van der Waals surface area (Å²) < 4.78 is 38.1. The Hall–Kier alpha value is -0.500. The van der Waals surface area contributed by atoms with Gasteiger partial charge in [0.05, 0.1) is 6.26 Å². The summed E-state index contributed by atoms with van der Waals surface area (Å²) >= 11 is 3.28. The highest BCUT2D eigenvalue weighted by atomic mass is 79.9. The lowest BCUT2D eigenvalue weighted by Crippen LogP contribution is -2.26. The van der Waals surface area contributed by atoms with Gasteiger partial charge in [-0.2, -0.15) is 0 Å². The lowest BCUT2D eigenvalue weighted by molar-refractivity contribution is 0.570. The Morgan fingerprint density at radius 1 is 1.33 bits per heavy atom. The van der Waals surface area contributed by atoms with Crippen LogP contribution in [0.15, 0.2) is 22.7 Å². The number of rotatable bonds is 7. The number of benzene rings is 1. The van der Waals surface area contributed by atoms with Gasteiger partial charge in [-0.05, 0) is 31.2 Å². The summed E-state index contributed by atoms with van der Waals surface area (Å²) in [6.45, 7) is 1.42. The molecule has 0 saturated carbocycles. The monoisotopic (exact) mass is 338 g/mol. The Labute approximate surface area is 115 Å². The highest BCUT2D eigenvalue weighted by molar-refractivity contribution is 9.10. The van der Waals surface area contributed by atoms with Crippen molar-refractivity contribution in [3.8, 4) is 0 Å². The van der Waals surface area contributed by atoms with Crippen molar-refractivity contribution in [2.75, 3.05) is 19.3 Å². The van der Waals surface area contributed by atoms with Crippen molar-refractivity contribution in [1.82, 2.24) is 10.0 Å². The second-order valence-electron chi connectivity index (χ2n) is 3.93. The second kappa shape index (κ2) is 7.18. The van der Waals surface area contributed by atoms with Crippen molar-refractivity contribution in [3.05, 3.63) is 34.1 Å². The van der Waals surface area contributed by atoms with Gasteiger partial charge in [0.25, 0.3) is 0 Å². The maximum absolute atomic E-state index is 13.3. The van der Waals surface area contributed by atoms with E-state index in [-0.39, 0.29) is 5.82 Å². The molecule has 0 aliphatic carbocycles. The van der Waals surface area contributed by atoms with Crippen LogP contribution in [-0.4, -0.2) is 27.8 Å². The normalized spacial score (nSPS) is 11.7. The van der Waals surface area contributed by atoms with E-state index in [9.17, 15) is 12.8 Å². The fourth-order valence-electron chi connectivity index (χ4n) is 1.37. The van der Waals surface area contributed by atoms with Crippen LogP contribution in [0.5, 0.6) is 0 Å². The number of hydrogen-bond acceptors (Lipinski definition) is 3. The Balaban J connectivity index is 2.24. The molecule has 0 saturated heterocycles.